The van der Waals surface area contributed by atoms with Gasteiger partial charge in [-0.1, -0.05) is 0 Å². The van der Waals surface area contributed by atoms with E-state index in [1.54, 1.807) is 0 Å². The maximum atomic E-state index is 12.4. The van der Waals surface area contributed by atoms with Crippen LogP contribution in [-0.4, -0.2) is 73.2 Å². The number of hydrogen-bond donors (Lipinski definition) is 0. The fourth-order valence-corrected chi connectivity index (χ4v) is 2.61. The van der Waals surface area contributed by atoms with Gasteiger partial charge in [-0.15, -0.1) is 0 Å². The molecule has 1 saturated heterocycles. The highest BCUT2D eigenvalue weighted by Gasteiger charge is 2.33. The Kier molecular flexibility index (Phi) is 6.42. The van der Waals surface area contributed by atoms with Gasteiger partial charge in [0, 0.05) is 18.6 Å². The molecule has 116 valence electrons. The minimum atomic E-state index is -0.487. The minimum absolute atomic E-state index is 0.0332. The van der Waals surface area contributed by atoms with Gasteiger partial charge in [-0.3, -0.25) is 14.5 Å². The molecule has 1 amide bonds. The topological polar surface area (TPSA) is 59.1 Å². The van der Waals surface area contributed by atoms with Crippen molar-refractivity contribution in [1.82, 2.24) is 9.80 Å². The van der Waals surface area contributed by atoms with Gasteiger partial charge in [-0.2, -0.15) is 0 Å². The van der Waals surface area contributed by atoms with Crippen molar-refractivity contribution in [2.24, 2.45) is 0 Å². The van der Waals surface area contributed by atoms with E-state index in [4.69, 9.17) is 9.47 Å². The van der Waals surface area contributed by atoms with E-state index >= 15 is 0 Å². The molecule has 1 fully saturated rings. The lowest BCUT2D eigenvalue weighted by atomic mass is 10.2. The molecule has 0 radical (unpaired) electrons. The molecular formula is C14H26N2O4. The SMILES string of the molecule is COC(=O)C1COCCN1CC(=O)N(C(C)C)C(C)C. The van der Waals surface area contributed by atoms with Gasteiger partial charge < -0.3 is 14.4 Å². The van der Waals surface area contributed by atoms with Crippen molar-refractivity contribution in [3.63, 3.8) is 0 Å². The van der Waals surface area contributed by atoms with Gasteiger partial charge in [-0.05, 0) is 27.7 Å². The molecule has 1 rings (SSSR count). The number of carbonyl (C=O) groups excluding carboxylic acids is 2. The molecule has 0 spiro atoms. The summed E-state index contributed by atoms with van der Waals surface area (Å²) in [5.41, 5.74) is 0. The minimum Gasteiger partial charge on any atom is -0.468 e. The second kappa shape index (κ2) is 7.59. The predicted octanol–water partition coefficient (Wildman–Crippen LogP) is 0.506. The molecule has 1 unspecified atom stereocenters. The summed E-state index contributed by atoms with van der Waals surface area (Å²) in [6, 6.07) is -0.209. The first-order valence-corrected chi connectivity index (χ1v) is 7.09. The Morgan fingerprint density at radius 3 is 2.40 bits per heavy atom. The third-order valence-corrected chi connectivity index (χ3v) is 3.45. The molecule has 0 saturated carbocycles. The van der Waals surface area contributed by atoms with Crippen molar-refractivity contribution in [3.8, 4) is 0 Å². The molecule has 20 heavy (non-hydrogen) atoms. The molecule has 0 aliphatic carbocycles. The number of nitrogens with zero attached hydrogens (tertiary/aromatic N) is 2. The van der Waals surface area contributed by atoms with Crippen LogP contribution in [0.25, 0.3) is 0 Å². The van der Waals surface area contributed by atoms with Gasteiger partial charge in [0.25, 0.3) is 0 Å². The number of amides is 1. The molecule has 0 bridgehead atoms. The summed E-state index contributed by atoms with van der Waals surface area (Å²) in [4.78, 5) is 27.8. The molecule has 0 aromatic rings. The van der Waals surface area contributed by atoms with E-state index in [1.165, 1.54) is 7.11 Å². The largest absolute Gasteiger partial charge is 0.468 e. The number of hydrogen-bond acceptors (Lipinski definition) is 5. The van der Waals surface area contributed by atoms with Crippen molar-refractivity contribution in [1.29, 1.82) is 0 Å². The molecule has 1 heterocycles. The zero-order chi connectivity index (χ0) is 15.3. The number of esters is 1. The molecule has 1 atom stereocenters. The fourth-order valence-electron chi connectivity index (χ4n) is 2.61. The number of ether oxygens (including phenoxy) is 2. The van der Waals surface area contributed by atoms with Crippen molar-refractivity contribution in [3.05, 3.63) is 0 Å². The zero-order valence-electron chi connectivity index (χ0n) is 13.1. The fraction of sp³-hybridized carbons (Fsp3) is 0.857. The molecule has 6 heteroatoms. The molecule has 0 aromatic carbocycles. The van der Waals surface area contributed by atoms with E-state index in [0.29, 0.717) is 13.2 Å². The summed E-state index contributed by atoms with van der Waals surface area (Å²) < 4.78 is 10.1. The third kappa shape index (κ3) is 4.18. The van der Waals surface area contributed by atoms with Gasteiger partial charge in [0.15, 0.2) is 0 Å². The zero-order valence-corrected chi connectivity index (χ0v) is 13.1. The van der Waals surface area contributed by atoms with E-state index in [9.17, 15) is 9.59 Å². The first-order valence-electron chi connectivity index (χ1n) is 7.09. The van der Waals surface area contributed by atoms with Crippen LogP contribution in [0, 0.1) is 0 Å². The molecule has 6 nitrogen and oxygen atoms in total. The normalized spacial score (nSPS) is 20.2. The molecule has 1 aliphatic rings. The summed E-state index contributed by atoms with van der Waals surface area (Å²) in [5, 5.41) is 0. The number of rotatable bonds is 5. The predicted molar refractivity (Wildman–Crippen MR) is 75.3 cm³/mol. The summed E-state index contributed by atoms with van der Waals surface area (Å²) in [7, 11) is 1.35. The van der Waals surface area contributed by atoms with E-state index < -0.39 is 6.04 Å². The maximum absolute atomic E-state index is 12.4. The van der Waals surface area contributed by atoms with Gasteiger partial charge in [0.05, 0.1) is 26.9 Å². The van der Waals surface area contributed by atoms with Gasteiger partial charge in [0.1, 0.15) is 6.04 Å². The third-order valence-electron chi connectivity index (χ3n) is 3.45. The van der Waals surface area contributed by atoms with E-state index in [1.807, 2.05) is 37.5 Å². The van der Waals surface area contributed by atoms with Crippen LogP contribution >= 0.6 is 0 Å². The van der Waals surface area contributed by atoms with Crippen LogP contribution in [0.15, 0.2) is 0 Å². The summed E-state index contributed by atoms with van der Waals surface area (Å²) in [6.45, 7) is 9.58. The molecule has 1 aliphatic heterocycles. The quantitative estimate of drug-likeness (QED) is 0.689. The Hall–Kier alpha value is -1.14. The number of methoxy groups -OCH3 is 1. The highest BCUT2D eigenvalue weighted by molar-refractivity contribution is 5.81. The Balaban J connectivity index is 2.73. The van der Waals surface area contributed by atoms with E-state index in [2.05, 4.69) is 0 Å². The number of carbonyl (C=O) groups is 2. The molecular weight excluding hydrogens is 260 g/mol. The summed E-state index contributed by atoms with van der Waals surface area (Å²) >= 11 is 0. The lowest BCUT2D eigenvalue weighted by Crippen LogP contribution is -2.55. The van der Waals surface area contributed by atoms with Crippen LogP contribution < -0.4 is 0 Å². The summed E-state index contributed by atoms with van der Waals surface area (Å²) in [5.74, 6) is -0.316. The van der Waals surface area contributed by atoms with Crippen LogP contribution in [0.3, 0.4) is 0 Å². The summed E-state index contributed by atoms with van der Waals surface area (Å²) in [6.07, 6.45) is 0. The average Bonchev–Trinajstić information content (AvgIpc) is 2.37. The van der Waals surface area contributed by atoms with Crippen LogP contribution in [-0.2, 0) is 19.1 Å². The first kappa shape index (κ1) is 16.9. The Morgan fingerprint density at radius 1 is 1.30 bits per heavy atom. The van der Waals surface area contributed by atoms with Gasteiger partial charge >= 0.3 is 5.97 Å². The smallest absolute Gasteiger partial charge is 0.325 e. The highest BCUT2D eigenvalue weighted by atomic mass is 16.5. The van der Waals surface area contributed by atoms with Crippen molar-refractivity contribution >= 4 is 11.9 Å². The molecule has 0 N–H and O–H groups in total. The lowest BCUT2D eigenvalue weighted by Gasteiger charge is -2.37. The van der Waals surface area contributed by atoms with E-state index in [0.717, 1.165) is 0 Å². The second-order valence-corrected chi connectivity index (χ2v) is 5.57. The van der Waals surface area contributed by atoms with Crippen molar-refractivity contribution < 1.29 is 19.1 Å². The van der Waals surface area contributed by atoms with Crippen LogP contribution in [0.2, 0.25) is 0 Å². The Bertz CT molecular complexity index is 336. The van der Waals surface area contributed by atoms with Gasteiger partial charge in [0.2, 0.25) is 5.91 Å². The average molecular weight is 286 g/mol. The Labute approximate surface area is 121 Å². The van der Waals surface area contributed by atoms with Crippen molar-refractivity contribution in [2.75, 3.05) is 33.4 Å². The highest BCUT2D eigenvalue weighted by Crippen LogP contribution is 2.12. The van der Waals surface area contributed by atoms with Crippen LogP contribution in [0.4, 0.5) is 0 Å². The van der Waals surface area contributed by atoms with Crippen LogP contribution in [0.5, 0.6) is 0 Å². The van der Waals surface area contributed by atoms with Gasteiger partial charge in [-0.25, -0.2) is 0 Å². The van der Waals surface area contributed by atoms with Crippen molar-refractivity contribution in [2.45, 2.75) is 45.8 Å². The monoisotopic (exact) mass is 286 g/mol. The second-order valence-electron chi connectivity index (χ2n) is 5.57. The lowest BCUT2D eigenvalue weighted by molar-refractivity contribution is -0.155. The first-order chi connectivity index (χ1) is 9.38. The van der Waals surface area contributed by atoms with E-state index in [-0.39, 0.29) is 37.1 Å². The standard InChI is InChI=1S/C14H26N2O4/c1-10(2)16(11(3)4)13(17)8-15-6-7-20-9-12(15)14(18)19-5/h10-12H,6-9H2,1-5H3. The maximum Gasteiger partial charge on any atom is 0.325 e. The Morgan fingerprint density at radius 2 is 1.90 bits per heavy atom. The van der Waals surface area contributed by atoms with Crippen LogP contribution in [0.1, 0.15) is 27.7 Å². The molecule has 0 aromatic heterocycles. The number of morpholine rings is 1.